The molecule has 2 unspecified atom stereocenters. The van der Waals surface area contributed by atoms with E-state index >= 15 is 0 Å². The lowest BCUT2D eigenvalue weighted by Gasteiger charge is -2.46. The Morgan fingerprint density at radius 3 is 2.24 bits per heavy atom. The fraction of sp³-hybridized carbons (Fsp3) is 0.708. The summed E-state index contributed by atoms with van der Waals surface area (Å²) in [5.41, 5.74) is 5.76. The van der Waals surface area contributed by atoms with Crippen LogP contribution in [0.25, 0.3) is 0 Å². The van der Waals surface area contributed by atoms with E-state index in [1.807, 2.05) is 6.08 Å². The first-order chi connectivity index (χ1) is 11.5. The maximum absolute atomic E-state index is 5.11. The number of hydrogen-bond acceptors (Lipinski definition) is 1. The zero-order valence-electron chi connectivity index (χ0n) is 18.3. The standard InChI is InChI=1S/C24H41N/c1-11-21(18(6)17(4)5)19(7)25-22(12-2)20-14-23(8,9)16-24(10,13-3)15-20/h11-12,17,20H,1,13-16H2,2-10H3/b21-18-,22-12-,25-19+. The van der Waals surface area contributed by atoms with Gasteiger partial charge in [0.05, 0.1) is 0 Å². The van der Waals surface area contributed by atoms with E-state index < -0.39 is 0 Å². The summed E-state index contributed by atoms with van der Waals surface area (Å²) in [4.78, 5) is 5.11. The van der Waals surface area contributed by atoms with E-state index in [0.717, 1.165) is 5.71 Å². The van der Waals surface area contributed by atoms with E-state index in [2.05, 4.69) is 75.0 Å². The maximum Gasteiger partial charge on any atom is 0.0447 e. The Morgan fingerprint density at radius 2 is 1.80 bits per heavy atom. The van der Waals surface area contributed by atoms with E-state index in [-0.39, 0.29) is 0 Å². The van der Waals surface area contributed by atoms with Gasteiger partial charge < -0.3 is 0 Å². The molecule has 0 aromatic heterocycles. The molecule has 0 N–H and O–H groups in total. The third-order valence-electron chi connectivity index (χ3n) is 6.19. The Bertz CT molecular complexity index is 571. The summed E-state index contributed by atoms with van der Waals surface area (Å²) in [5.74, 6) is 1.07. The molecule has 0 aromatic carbocycles. The van der Waals surface area contributed by atoms with Crippen molar-refractivity contribution in [3.05, 3.63) is 35.6 Å². The molecule has 0 spiro atoms. The molecule has 142 valence electrons. The molecule has 1 aliphatic carbocycles. The minimum absolute atomic E-state index is 0.385. The van der Waals surface area contributed by atoms with Gasteiger partial charge in [0.25, 0.3) is 0 Å². The number of hydrogen-bond donors (Lipinski definition) is 0. The zero-order chi connectivity index (χ0) is 19.4. The van der Waals surface area contributed by atoms with Gasteiger partial charge in [0, 0.05) is 17.3 Å². The number of allylic oxidation sites excluding steroid dienone is 5. The molecule has 1 saturated carbocycles. The monoisotopic (exact) mass is 343 g/mol. The molecule has 0 saturated heterocycles. The Balaban J connectivity index is 3.22. The highest BCUT2D eigenvalue weighted by atomic mass is 14.8. The molecular formula is C24H41N. The highest BCUT2D eigenvalue weighted by molar-refractivity contribution is 6.01. The van der Waals surface area contributed by atoms with Gasteiger partial charge in [-0.3, -0.25) is 4.99 Å². The second-order valence-corrected chi connectivity index (χ2v) is 9.48. The van der Waals surface area contributed by atoms with Gasteiger partial charge in [-0.1, -0.05) is 72.3 Å². The van der Waals surface area contributed by atoms with E-state index in [1.165, 1.54) is 42.5 Å². The number of rotatable bonds is 6. The molecule has 0 radical (unpaired) electrons. The lowest BCUT2D eigenvalue weighted by Crippen LogP contribution is -2.36. The molecule has 2 atom stereocenters. The molecule has 1 nitrogen and oxygen atoms in total. The first-order valence-electron chi connectivity index (χ1n) is 10.0. The van der Waals surface area contributed by atoms with Crippen molar-refractivity contribution in [1.29, 1.82) is 0 Å². The van der Waals surface area contributed by atoms with Gasteiger partial charge in [0.15, 0.2) is 0 Å². The molecule has 25 heavy (non-hydrogen) atoms. The normalized spacial score (nSPS) is 28.8. The third-order valence-corrected chi connectivity index (χ3v) is 6.19. The summed E-state index contributed by atoms with van der Waals surface area (Å²) in [6.45, 7) is 24.6. The van der Waals surface area contributed by atoms with Gasteiger partial charge in [-0.2, -0.15) is 0 Å². The van der Waals surface area contributed by atoms with Crippen LogP contribution >= 0.6 is 0 Å². The second kappa shape index (κ2) is 8.52. The molecule has 0 aromatic rings. The van der Waals surface area contributed by atoms with Crippen LogP contribution in [-0.4, -0.2) is 5.71 Å². The van der Waals surface area contributed by atoms with Crippen LogP contribution in [0.5, 0.6) is 0 Å². The van der Waals surface area contributed by atoms with Crippen molar-refractivity contribution < 1.29 is 0 Å². The average Bonchev–Trinajstić information content (AvgIpc) is 2.51. The van der Waals surface area contributed by atoms with Crippen LogP contribution in [0.15, 0.2) is 40.6 Å². The van der Waals surface area contributed by atoms with Gasteiger partial charge in [0.2, 0.25) is 0 Å². The summed E-state index contributed by atoms with van der Waals surface area (Å²) < 4.78 is 0. The number of aliphatic imine (C=N–C) groups is 1. The Hall–Kier alpha value is -1.11. The Kier molecular flexibility index (Phi) is 7.47. The minimum atomic E-state index is 0.385. The predicted octanol–water partition coefficient (Wildman–Crippen LogP) is 7.75. The van der Waals surface area contributed by atoms with Crippen molar-refractivity contribution in [2.45, 2.75) is 88.0 Å². The SMILES string of the molecule is C=CC(=C(\C)C(C)C)/C(C)=N/C(=C\C)C1CC(C)(C)CC(C)(CC)C1. The van der Waals surface area contributed by atoms with E-state index in [4.69, 9.17) is 4.99 Å². The third kappa shape index (κ3) is 5.69. The summed E-state index contributed by atoms with van der Waals surface area (Å²) in [5, 5.41) is 0. The van der Waals surface area contributed by atoms with Crippen LogP contribution in [-0.2, 0) is 0 Å². The summed E-state index contributed by atoms with van der Waals surface area (Å²) >= 11 is 0. The van der Waals surface area contributed by atoms with E-state index in [1.54, 1.807) is 0 Å². The van der Waals surface area contributed by atoms with Crippen LogP contribution in [0.1, 0.15) is 88.0 Å². The molecule has 0 bridgehead atoms. The first-order valence-corrected chi connectivity index (χ1v) is 10.0. The quantitative estimate of drug-likeness (QED) is 0.345. The highest BCUT2D eigenvalue weighted by Gasteiger charge is 2.41. The van der Waals surface area contributed by atoms with Crippen molar-refractivity contribution in [3.63, 3.8) is 0 Å². The minimum Gasteiger partial charge on any atom is -0.258 e. The van der Waals surface area contributed by atoms with Gasteiger partial charge >= 0.3 is 0 Å². The maximum atomic E-state index is 5.11. The molecule has 1 heteroatoms. The Labute approximate surface area is 157 Å². The molecule has 1 fully saturated rings. The van der Waals surface area contributed by atoms with Crippen molar-refractivity contribution in [2.24, 2.45) is 27.7 Å². The van der Waals surface area contributed by atoms with Gasteiger partial charge in [0.1, 0.15) is 0 Å². The first kappa shape index (κ1) is 21.9. The second-order valence-electron chi connectivity index (χ2n) is 9.48. The van der Waals surface area contributed by atoms with Crippen molar-refractivity contribution >= 4 is 5.71 Å². The summed E-state index contributed by atoms with van der Waals surface area (Å²) in [7, 11) is 0. The lowest BCUT2D eigenvalue weighted by atomic mass is 9.59. The van der Waals surface area contributed by atoms with E-state index in [0.29, 0.717) is 22.7 Å². The van der Waals surface area contributed by atoms with Crippen molar-refractivity contribution in [2.75, 3.05) is 0 Å². The van der Waals surface area contributed by atoms with Crippen LogP contribution in [0, 0.1) is 22.7 Å². The zero-order valence-corrected chi connectivity index (χ0v) is 18.3. The largest absolute Gasteiger partial charge is 0.258 e. The lowest BCUT2D eigenvalue weighted by molar-refractivity contribution is 0.0637. The van der Waals surface area contributed by atoms with Gasteiger partial charge in [-0.05, 0) is 62.4 Å². The van der Waals surface area contributed by atoms with Crippen molar-refractivity contribution in [3.8, 4) is 0 Å². The van der Waals surface area contributed by atoms with Crippen LogP contribution in [0.4, 0.5) is 0 Å². The van der Waals surface area contributed by atoms with Crippen LogP contribution in [0.2, 0.25) is 0 Å². The summed E-state index contributed by atoms with van der Waals surface area (Å²) in [6.07, 6.45) is 9.25. The van der Waals surface area contributed by atoms with E-state index in [9.17, 15) is 0 Å². The smallest absolute Gasteiger partial charge is 0.0447 e. The molecule has 0 aliphatic heterocycles. The Morgan fingerprint density at radius 1 is 1.20 bits per heavy atom. The van der Waals surface area contributed by atoms with Crippen LogP contribution in [0.3, 0.4) is 0 Å². The topological polar surface area (TPSA) is 12.4 Å². The molecular weight excluding hydrogens is 302 g/mol. The number of nitrogens with zero attached hydrogens (tertiary/aromatic N) is 1. The van der Waals surface area contributed by atoms with Crippen LogP contribution < -0.4 is 0 Å². The highest BCUT2D eigenvalue weighted by Crippen LogP contribution is 2.52. The summed E-state index contributed by atoms with van der Waals surface area (Å²) in [6, 6.07) is 0. The fourth-order valence-electron chi connectivity index (χ4n) is 4.66. The fourth-order valence-corrected chi connectivity index (χ4v) is 4.66. The molecule has 0 heterocycles. The molecule has 0 amide bonds. The molecule has 1 rings (SSSR count). The van der Waals surface area contributed by atoms with Gasteiger partial charge in [-0.15, -0.1) is 0 Å². The van der Waals surface area contributed by atoms with Crippen molar-refractivity contribution in [1.82, 2.24) is 0 Å². The van der Waals surface area contributed by atoms with Gasteiger partial charge in [-0.25, -0.2) is 0 Å². The predicted molar refractivity (Wildman–Crippen MR) is 114 cm³/mol. The average molecular weight is 344 g/mol. The molecule has 1 aliphatic rings.